The lowest BCUT2D eigenvalue weighted by molar-refractivity contribution is 0.0590. The molecular formula is C14H17BrO. The molecule has 0 heterocycles. The van der Waals surface area contributed by atoms with Crippen LogP contribution >= 0.6 is 15.9 Å². The van der Waals surface area contributed by atoms with Crippen molar-refractivity contribution in [3.05, 3.63) is 40.4 Å². The summed E-state index contributed by atoms with van der Waals surface area (Å²) in [5.74, 6) is 0. The highest BCUT2D eigenvalue weighted by Gasteiger charge is 2.16. The summed E-state index contributed by atoms with van der Waals surface area (Å²) in [7, 11) is 0. The molecule has 1 aromatic carbocycles. The van der Waals surface area contributed by atoms with E-state index in [9.17, 15) is 0 Å². The molecule has 0 aromatic heterocycles. The van der Waals surface area contributed by atoms with E-state index >= 15 is 0 Å². The molecule has 0 amide bonds. The summed E-state index contributed by atoms with van der Waals surface area (Å²) in [5, 5.41) is 0. The molecule has 0 fully saturated rings. The van der Waals surface area contributed by atoms with Crippen molar-refractivity contribution in [1.82, 2.24) is 0 Å². The molecule has 0 bridgehead atoms. The highest BCUT2D eigenvalue weighted by Crippen LogP contribution is 2.29. The molecule has 0 saturated carbocycles. The standard InChI is InChI=1S/C14H17BrO/c1-2-16-14-5-3-4-12(10-14)11-6-8-13(15)9-7-11/h4,6-9,14H,2-3,5,10H2,1H3. The van der Waals surface area contributed by atoms with Gasteiger partial charge in [-0.1, -0.05) is 34.1 Å². The zero-order valence-electron chi connectivity index (χ0n) is 9.58. The Morgan fingerprint density at radius 2 is 2.06 bits per heavy atom. The van der Waals surface area contributed by atoms with E-state index in [0.29, 0.717) is 6.10 Å². The van der Waals surface area contributed by atoms with Gasteiger partial charge in [-0.25, -0.2) is 0 Å². The average Bonchev–Trinajstić information content (AvgIpc) is 2.31. The van der Waals surface area contributed by atoms with Gasteiger partial charge in [0.25, 0.3) is 0 Å². The maximum Gasteiger partial charge on any atom is 0.0618 e. The maximum atomic E-state index is 5.71. The van der Waals surface area contributed by atoms with Crippen LogP contribution in [-0.4, -0.2) is 12.7 Å². The largest absolute Gasteiger partial charge is 0.378 e. The van der Waals surface area contributed by atoms with E-state index in [2.05, 4.69) is 53.2 Å². The summed E-state index contributed by atoms with van der Waals surface area (Å²) in [4.78, 5) is 0. The van der Waals surface area contributed by atoms with Crippen LogP contribution in [0.25, 0.3) is 5.57 Å². The van der Waals surface area contributed by atoms with Gasteiger partial charge in [-0.15, -0.1) is 0 Å². The van der Waals surface area contributed by atoms with Gasteiger partial charge in [0, 0.05) is 11.1 Å². The quantitative estimate of drug-likeness (QED) is 0.796. The minimum absolute atomic E-state index is 0.411. The first-order valence-electron chi connectivity index (χ1n) is 5.86. The second-order valence-electron chi connectivity index (χ2n) is 4.10. The van der Waals surface area contributed by atoms with Crippen molar-refractivity contribution in [2.24, 2.45) is 0 Å². The minimum Gasteiger partial charge on any atom is -0.378 e. The molecule has 1 unspecified atom stereocenters. The van der Waals surface area contributed by atoms with Crippen molar-refractivity contribution < 1.29 is 4.74 Å². The van der Waals surface area contributed by atoms with Crippen molar-refractivity contribution in [2.45, 2.75) is 32.3 Å². The fourth-order valence-electron chi connectivity index (χ4n) is 2.15. The molecule has 2 rings (SSSR count). The van der Waals surface area contributed by atoms with Crippen molar-refractivity contribution in [3.63, 3.8) is 0 Å². The Hall–Kier alpha value is -0.600. The molecule has 0 aliphatic heterocycles. The Labute approximate surface area is 106 Å². The van der Waals surface area contributed by atoms with Crippen LogP contribution in [0.1, 0.15) is 31.7 Å². The zero-order valence-corrected chi connectivity index (χ0v) is 11.2. The molecule has 1 atom stereocenters. The molecule has 0 saturated heterocycles. The van der Waals surface area contributed by atoms with E-state index in [-0.39, 0.29) is 0 Å². The van der Waals surface area contributed by atoms with Crippen LogP contribution in [0, 0.1) is 0 Å². The maximum absolute atomic E-state index is 5.71. The second-order valence-corrected chi connectivity index (χ2v) is 5.01. The second kappa shape index (κ2) is 5.65. The monoisotopic (exact) mass is 280 g/mol. The fraction of sp³-hybridized carbons (Fsp3) is 0.429. The van der Waals surface area contributed by atoms with Gasteiger partial charge in [0.15, 0.2) is 0 Å². The van der Waals surface area contributed by atoms with Gasteiger partial charge in [-0.3, -0.25) is 0 Å². The van der Waals surface area contributed by atoms with Gasteiger partial charge >= 0.3 is 0 Å². The number of allylic oxidation sites excluding steroid dienone is 1. The van der Waals surface area contributed by atoms with Crippen LogP contribution < -0.4 is 0 Å². The summed E-state index contributed by atoms with van der Waals surface area (Å²) in [6, 6.07) is 8.54. The Balaban J connectivity index is 2.09. The fourth-order valence-corrected chi connectivity index (χ4v) is 2.42. The Kier molecular flexibility index (Phi) is 4.19. The molecule has 2 heteroatoms. The lowest BCUT2D eigenvalue weighted by atomic mass is 9.92. The average molecular weight is 281 g/mol. The SMILES string of the molecule is CCOC1CCC=C(c2ccc(Br)cc2)C1. The van der Waals surface area contributed by atoms with Crippen molar-refractivity contribution in [3.8, 4) is 0 Å². The van der Waals surface area contributed by atoms with Gasteiger partial charge in [0.1, 0.15) is 0 Å². The summed E-state index contributed by atoms with van der Waals surface area (Å²) in [5.41, 5.74) is 2.75. The van der Waals surface area contributed by atoms with E-state index in [0.717, 1.165) is 30.3 Å². The molecule has 1 nitrogen and oxygen atoms in total. The number of hydrogen-bond acceptors (Lipinski definition) is 1. The summed E-state index contributed by atoms with van der Waals surface area (Å²) >= 11 is 3.46. The molecular weight excluding hydrogens is 264 g/mol. The van der Waals surface area contributed by atoms with E-state index in [1.807, 2.05) is 0 Å². The third-order valence-corrected chi connectivity index (χ3v) is 3.47. The van der Waals surface area contributed by atoms with Crippen LogP contribution in [0.4, 0.5) is 0 Å². The molecule has 1 aromatic rings. The zero-order chi connectivity index (χ0) is 11.4. The molecule has 0 N–H and O–H groups in total. The first-order valence-corrected chi connectivity index (χ1v) is 6.65. The first-order chi connectivity index (χ1) is 7.79. The summed E-state index contributed by atoms with van der Waals surface area (Å²) in [6.45, 7) is 2.88. The molecule has 0 spiro atoms. The lowest BCUT2D eigenvalue weighted by Crippen LogP contribution is -2.16. The van der Waals surface area contributed by atoms with Gasteiger partial charge in [-0.2, -0.15) is 0 Å². The van der Waals surface area contributed by atoms with Crippen LogP contribution in [0.5, 0.6) is 0 Å². The van der Waals surface area contributed by atoms with Crippen molar-refractivity contribution >= 4 is 21.5 Å². The third-order valence-electron chi connectivity index (χ3n) is 2.94. The van der Waals surface area contributed by atoms with Crippen LogP contribution in [0.15, 0.2) is 34.8 Å². The summed E-state index contributed by atoms with van der Waals surface area (Å²) < 4.78 is 6.84. The smallest absolute Gasteiger partial charge is 0.0618 e. The number of hydrogen-bond donors (Lipinski definition) is 0. The van der Waals surface area contributed by atoms with Crippen LogP contribution in [0.2, 0.25) is 0 Å². The normalized spacial score (nSPS) is 20.6. The highest BCUT2D eigenvalue weighted by atomic mass is 79.9. The van der Waals surface area contributed by atoms with Gasteiger partial charge in [0.05, 0.1) is 6.10 Å². The third kappa shape index (κ3) is 2.96. The lowest BCUT2D eigenvalue weighted by Gasteiger charge is -2.22. The van der Waals surface area contributed by atoms with Crippen LogP contribution in [-0.2, 0) is 4.74 Å². The highest BCUT2D eigenvalue weighted by molar-refractivity contribution is 9.10. The van der Waals surface area contributed by atoms with Crippen molar-refractivity contribution in [2.75, 3.05) is 6.61 Å². The van der Waals surface area contributed by atoms with E-state index < -0.39 is 0 Å². The number of rotatable bonds is 3. The predicted octanol–water partition coefficient (Wildman–Crippen LogP) is 4.42. The molecule has 86 valence electrons. The van der Waals surface area contributed by atoms with E-state index in [1.54, 1.807) is 0 Å². The Morgan fingerprint density at radius 3 is 2.75 bits per heavy atom. The molecule has 1 aliphatic carbocycles. The first kappa shape index (κ1) is 11.9. The van der Waals surface area contributed by atoms with Crippen LogP contribution in [0.3, 0.4) is 0 Å². The van der Waals surface area contributed by atoms with Gasteiger partial charge in [0.2, 0.25) is 0 Å². The predicted molar refractivity (Wildman–Crippen MR) is 71.4 cm³/mol. The molecule has 16 heavy (non-hydrogen) atoms. The summed E-state index contributed by atoms with van der Waals surface area (Å²) in [6.07, 6.45) is 6.10. The topological polar surface area (TPSA) is 9.23 Å². The van der Waals surface area contributed by atoms with E-state index in [4.69, 9.17) is 4.74 Å². The number of ether oxygens (including phenoxy) is 1. The van der Waals surface area contributed by atoms with Gasteiger partial charge in [-0.05, 0) is 49.5 Å². The Morgan fingerprint density at radius 1 is 1.31 bits per heavy atom. The molecule has 0 radical (unpaired) electrons. The Bertz CT molecular complexity index is 367. The van der Waals surface area contributed by atoms with Crippen molar-refractivity contribution in [1.29, 1.82) is 0 Å². The number of benzene rings is 1. The molecule has 1 aliphatic rings. The number of halogens is 1. The van der Waals surface area contributed by atoms with E-state index in [1.165, 1.54) is 11.1 Å². The van der Waals surface area contributed by atoms with Gasteiger partial charge < -0.3 is 4.74 Å². The minimum atomic E-state index is 0.411.